The number of aliphatic imine (C=N–C) groups is 1. The molecule has 0 fully saturated rings. The Labute approximate surface area is 85.3 Å². The molecule has 1 aromatic carbocycles. The first kappa shape index (κ1) is 8.94. The quantitative estimate of drug-likeness (QED) is 0.531. The average Bonchev–Trinajstić information content (AvgIpc) is 2.18. The molecule has 1 aliphatic heterocycles. The van der Waals surface area contributed by atoms with Crippen LogP contribution in [0.2, 0.25) is 0 Å². The van der Waals surface area contributed by atoms with Gasteiger partial charge in [0.1, 0.15) is 0 Å². The number of rotatable bonds is 1. The maximum absolute atomic E-state index is 8.78. The second kappa shape index (κ2) is 3.62. The number of fused-ring (bicyclic) bond motifs is 1. The predicted molar refractivity (Wildman–Crippen MR) is 53.9 cm³/mol. The van der Waals surface area contributed by atoms with Gasteiger partial charge in [0.25, 0.3) is 0 Å². The van der Waals surface area contributed by atoms with Gasteiger partial charge < -0.3 is 0 Å². The van der Waals surface area contributed by atoms with Crippen molar-refractivity contribution in [3.05, 3.63) is 35.4 Å². The van der Waals surface area contributed by atoms with Crippen LogP contribution in [-0.4, -0.2) is 32.7 Å². The molecule has 0 aromatic heterocycles. The molecule has 1 aromatic rings. The van der Waals surface area contributed by atoms with Gasteiger partial charge in [0, 0.05) is 0 Å². The van der Waals surface area contributed by atoms with Crippen LogP contribution in [0.5, 0.6) is 0 Å². The van der Waals surface area contributed by atoms with Gasteiger partial charge in [0.2, 0.25) is 0 Å². The first-order valence-electron chi connectivity index (χ1n) is 4.12. The second-order valence-corrected chi connectivity index (χ2v) is 4.17. The van der Waals surface area contributed by atoms with E-state index in [1.165, 1.54) is 28.0 Å². The van der Waals surface area contributed by atoms with Gasteiger partial charge in [0.05, 0.1) is 0 Å². The molecule has 0 saturated carbocycles. The van der Waals surface area contributed by atoms with Crippen molar-refractivity contribution in [1.82, 2.24) is 5.48 Å². The summed E-state index contributed by atoms with van der Waals surface area (Å²) in [7, 11) is 0. The van der Waals surface area contributed by atoms with Crippen molar-refractivity contribution in [2.75, 3.05) is 0 Å². The zero-order chi connectivity index (χ0) is 9.26. The van der Waals surface area contributed by atoms with E-state index in [1.807, 2.05) is 12.1 Å². The normalized spacial score (nSPS) is 20.8. The summed E-state index contributed by atoms with van der Waals surface area (Å²) in [5.74, 6) is 0. The van der Waals surface area contributed by atoms with E-state index in [4.69, 9.17) is 5.21 Å². The average molecular weight is 238 g/mol. The van der Waals surface area contributed by atoms with Crippen molar-refractivity contribution in [3.63, 3.8) is 0 Å². The third-order valence-electron chi connectivity index (χ3n) is 2.15. The van der Waals surface area contributed by atoms with Crippen LogP contribution in [0, 0.1) is 0 Å². The molecule has 2 rings (SSSR count). The summed E-state index contributed by atoms with van der Waals surface area (Å²) >= 11 is 1.49. The Morgan fingerprint density at radius 1 is 1.46 bits per heavy atom. The van der Waals surface area contributed by atoms with E-state index in [2.05, 4.69) is 22.6 Å². The molecule has 0 saturated heterocycles. The van der Waals surface area contributed by atoms with E-state index in [-0.39, 0.29) is 6.17 Å². The zero-order valence-electron chi connectivity index (χ0n) is 7.07. The van der Waals surface area contributed by atoms with Crippen LogP contribution in [0.3, 0.4) is 0 Å². The molecule has 68 valence electrons. The number of nitrogens with one attached hydrogen (secondary N) is 1. The van der Waals surface area contributed by atoms with Crippen LogP contribution < -0.4 is 5.48 Å². The molecular weight excluding hydrogens is 227 g/mol. The molecule has 1 aliphatic rings. The minimum atomic E-state index is -0.170. The van der Waals surface area contributed by atoms with Crippen LogP contribution in [0.4, 0.5) is 0 Å². The molecule has 0 amide bonds. The van der Waals surface area contributed by atoms with E-state index < -0.39 is 0 Å². The summed E-state index contributed by atoms with van der Waals surface area (Å²) in [5.41, 5.74) is 4.67. The first-order chi connectivity index (χ1) is 6.31. The Morgan fingerprint density at radius 3 is 3.00 bits per heavy atom. The Hall–Kier alpha value is -0.632. The van der Waals surface area contributed by atoms with Crippen LogP contribution in [0.25, 0.3) is 0 Å². The molecule has 13 heavy (non-hydrogen) atoms. The van der Waals surface area contributed by atoms with E-state index in [0.29, 0.717) is 0 Å². The molecule has 2 atom stereocenters. The standard InChI is InChI=1S/C9H11AsN2O/c10-9-7-4-2-1-3-6(7)5-8(11-9)12-13/h1-4,8,12-13H,5,10H2. The molecule has 0 bridgehead atoms. The van der Waals surface area contributed by atoms with Crippen molar-refractivity contribution in [1.29, 1.82) is 0 Å². The van der Waals surface area contributed by atoms with Crippen LogP contribution in [0.1, 0.15) is 11.1 Å². The number of nitrogens with zero attached hydrogens (tertiary/aromatic N) is 1. The third-order valence-corrected chi connectivity index (χ3v) is 3.12. The van der Waals surface area contributed by atoms with Crippen molar-refractivity contribution in [3.8, 4) is 0 Å². The fraction of sp³-hybridized carbons (Fsp3) is 0.222. The summed E-state index contributed by atoms with van der Waals surface area (Å²) in [6.45, 7) is 0. The Morgan fingerprint density at radius 2 is 2.23 bits per heavy atom. The second-order valence-electron chi connectivity index (χ2n) is 3.02. The van der Waals surface area contributed by atoms with Gasteiger partial charge in [-0.05, 0) is 0 Å². The first-order valence-corrected chi connectivity index (χ1v) is 5.33. The molecule has 3 nitrogen and oxygen atoms in total. The van der Waals surface area contributed by atoms with Gasteiger partial charge in [-0.15, -0.1) is 0 Å². The number of benzene rings is 1. The van der Waals surface area contributed by atoms with E-state index in [0.717, 1.165) is 10.9 Å². The molecule has 1 heterocycles. The molecule has 2 unspecified atom stereocenters. The molecule has 0 radical (unpaired) electrons. The number of hydroxylamine groups is 1. The van der Waals surface area contributed by atoms with Gasteiger partial charge in [-0.2, -0.15) is 0 Å². The number of hydrogen-bond donors (Lipinski definition) is 2. The van der Waals surface area contributed by atoms with E-state index in [1.54, 1.807) is 0 Å². The molecule has 4 heteroatoms. The third kappa shape index (κ3) is 1.68. The molecule has 2 N–H and O–H groups in total. The van der Waals surface area contributed by atoms with E-state index >= 15 is 0 Å². The van der Waals surface area contributed by atoms with Gasteiger partial charge in [-0.25, -0.2) is 0 Å². The molecule has 0 aliphatic carbocycles. The predicted octanol–water partition coefficient (Wildman–Crippen LogP) is -0.0727. The monoisotopic (exact) mass is 238 g/mol. The van der Waals surface area contributed by atoms with Gasteiger partial charge in [-0.3, -0.25) is 0 Å². The van der Waals surface area contributed by atoms with Crippen LogP contribution in [-0.2, 0) is 6.42 Å². The minimum absolute atomic E-state index is 0.170. The van der Waals surface area contributed by atoms with Crippen molar-refractivity contribution in [2.24, 2.45) is 4.99 Å². The molecule has 0 spiro atoms. The summed E-state index contributed by atoms with van der Waals surface area (Å²) in [6, 6.07) is 8.18. The van der Waals surface area contributed by atoms with Gasteiger partial charge >= 0.3 is 85.0 Å². The van der Waals surface area contributed by atoms with Crippen molar-refractivity contribution >= 4 is 21.4 Å². The van der Waals surface area contributed by atoms with Gasteiger partial charge in [-0.1, -0.05) is 0 Å². The van der Waals surface area contributed by atoms with E-state index in [9.17, 15) is 0 Å². The van der Waals surface area contributed by atoms with Gasteiger partial charge in [0.15, 0.2) is 0 Å². The fourth-order valence-electron chi connectivity index (χ4n) is 1.51. The van der Waals surface area contributed by atoms with Crippen LogP contribution >= 0.6 is 0 Å². The number of hydrogen-bond acceptors (Lipinski definition) is 3. The fourth-order valence-corrected chi connectivity index (χ4v) is 2.48. The summed E-state index contributed by atoms with van der Waals surface area (Å²) in [4.78, 5) is 4.33. The summed E-state index contributed by atoms with van der Waals surface area (Å²) in [5, 5.41) is 8.78. The maximum atomic E-state index is 8.78. The topological polar surface area (TPSA) is 44.6 Å². The Bertz CT molecular complexity index is 351. The van der Waals surface area contributed by atoms with Crippen LogP contribution in [0.15, 0.2) is 29.3 Å². The summed E-state index contributed by atoms with van der Waals surface area (Å²) < 4.78 is 1.04. The SMILES string of the molecule is ONC1Cc2ccccc2C([AsH2])=N1. The molecular formula is C9H11AsN2O. The summed E-state index contributed by atoms with van der Waals surface area (Å²) in [6.07, 6.45) is 0.594. The zero-order valence-corrected chi connectivity index (χ0v) is 9.49. The van der Waals surface area contributed by atoms with Crippen molar-refractivity contribution < 1.29 is 5.21 Å². The van der Waals surface area contributed by atoms with Crippen molar-refractivity contribution in [2.45, 2.75) is 12.6 Å². The Kier molecular flexibility index (Phi) is 2.49. The Balaban J connectivity index is 2.42.